The molecule has 0 saturated carbocycles. The Morgan fingerprint density at radius 3 is 2.05 bits per heavy atom. The van der Waals surface area contributed by atoms with Gasteiger partial charge in [0.05, 0.1) is 0 Å². The fraction of sp³-hybridized carbons (Fsp3) is 0.632. The molecule has 0 amide bonds. The molecule has 0 aliphatic heterocycles. The highest BCUT2D eigenvalue weighted by Gasteiger charge is 2.24. The molecule has 0 heterocycles. The number of benzene rings is 1. The van der Waals surface area contributed by atoms with E-state index in [-0.39, 0.29) is 10.8 Å². The van der Waals surface area contributed by atoms with Gasteiger partial charge in [0.25, 0.3) is 0 Å². The van der Waals surface area contributed by atoms with Crippen LogP contribution in [0.5, 0.6) is 5.75 Å². The summed E-state index contributed by atoms with van der Waals surface area (Å²) in [5.74, 6) is 0.888. The molecule has 0 saturated heterocycles. The average Bonchev–Trinajstić information content (AvgIpc) is 2.27. The van der Waals surface area contributed by atoms with Crippen molar-refractivity contribution >= 4 is 6.21 Å². The van der Waals surface area contributed by atoms with Gasteiger partial charge in [-0.15, -0.1) is 0 Å². The van der Waals surface area contributed by atoms with Crippen LogP contribution in [0.15, 0.2) is 17.1 Å². The second kappa shape index (κ2) is 6.21. The highest BCUT2D eigenvalue weighted by Crippen LogP contribution is 2.37. The first kappa shape index (κ1) is 17.7. The normalized spacial score (nSPS) is 13.4. The Bertz CT molecular complexity index is 514. The minimum Gasteiger partial charge on any atom is -0.507 e. The van der Waals surface area contributed by atoms with Crippen molar-refractivity contribution in [3.05, 3.63) is 28.8 Å². The molecule has 0 aliphatic rings. The quantitative estimate of drug-likeness (QED) is 0.775. The van der Waals surface area contributed by atoms with E-state index in [2.05, 4.69) is 72.5 Å². The van der Waals surface area contributed by atoms with Gasteiger partial charge in [-0.25, -0.2) is 0 Å². The lowest BCUT2D eigenvalue weighted by Crippen LogP contribution is -2.17. The van der Waals surface area contributed by atoms with Gasteiger partial charge in [-0.2, -0.15) is 0 Å². The van der Waals surface area contributed by atoms with E-state index in [1.54, 1.807) is 0 Å². The van der Waals surface area contributed by atoms with E-state index in [1.165, 1.54) is 5.56 Å². The SMILES string of the molecule is CC(C)C/N=C/c1cc(C(C)(C)C)cc(C(C)(C)C)c1O. The summed E-state index contributed by atoms with van der Waals surface area (Å²) >= 11 is 0. The summed E-state index contributed by atoms with van der Waals surface area (Å²) in [4.78, 5) is 4.46. The minimum atomic E-state index is -0.0913. The maximum Gasteiger partial charge on any atom is 0.128 e. The van der Waals surface area contributed by atoms with Gasteiger partial charge in [-0.1, -0.05) is 61.5 Å². The maximum atomic E-state index is 10.6. The van der Waals surface area contributed by atoms with Crippen molar-refractivity contribution in [3.63, 3.8) is 0 Å². The van der Waals surface area contributed by atoms with Gasteiger partial charge in [0.2, 0.25) is 0 Å². The highest BCUT2D eigenvalue weighted by molar-refractivity contribution is 5.85. The molecular weight excluding hydrogens is 258 g/mol. The van der Waals surface area contributed by atoms with Gasteiger partial charge < -0.3 is 5.11 Å². The third-order valence-corrected chi connectivity index (χ3v) is 3.51. The molecule has 2 heteroatoms. The van der Waals surface area contributed by atoms with Crippen molar-refractivity contribution in [2.45, 2.75) is 66.2 Å². The van der Waals surface area contributed by atoms with Crippen LogP contribution in [0.1, 0.15) is 72.1 Å². The van der Waals surface area contributed by atoms with Gasteiger partial charge in [-0.05, 0) is 28.4 Å². The summed E-state index contributed by atoms with van der Waals surface area (Å²) < 4.78 is 0. The molecule has 1 rings (SSSR count). The first-order valence-corrected chi connectivity index (χ1v) is 7.80. The number of hydrogen-bond acceptors (Lipinski definition) is 2. The van der Waals surface area contributed by atoms with E-state index < -0.39 is 0 Å². The standard InChI is InChI=1S/C19H31NO/c1-13(2)11-20-12-14-9-15(18(3,4)5)10-16(17(14)21)19(6,7)8/h9-10,12-13,21H,11H2,1-8H3/b20-12+. The second-order valence-corrected chi connectivity index (χ2v) is 8.35. The molecule has 0 spiro atoms. The first-order valence-electron chi connectivity index (χ1n) is 7.80. The third-order valence-electron chi connectivity index (χ3n) is 3.51. The molecule has 0 atom stereocenters. The van der Waals surface area contributed by atoms with Crippen LogP contribution in [-0.2, 0) is 10.8 Å². The Balaban J connectivity index is 3.39. The molecule has 21 heavy (non-hydrogen) atoms. The van der Waals surface area contributed by atoms with Crippen molar-refractivity contribution < 1.29 is 5.11 Å². The molecule has 0 fully saturated rings. The zero-order valence-corrected chi connectivity index (χ0v) is 14.9. The van der Waals surface area contributed by atoms with E-state index in [9.17, 15) is 5.11 Å². The third kappa shape index (κ3) is 4.87. The topological polar surface area (TPSA) is 32.6 Å². The Morgan fingerprint density at radius 1 is 1.05 bits per heavy atom. The number of nitrogens with zero attached hydrogens (tertiary/aromatic N) is 1. The van der Waals surface area contributed by atoms with Crippen LogP contribution < -0.4 is 0 Å². The predicted octanol–water partition coefficient (Wildman–Crippen LogP) is 5.06. The fourth-order valence-corrected chi connectivity index (χ4v) is 2.12. The van der Waals surface area contributed by atoms with Crippen molar-refractivity contribution in [1.82, 2.24) is 0 Å². The van der Waals surface area contributed by atoms with E-state index >= 15 is 0 Å². The Morgan fingerprint density at radius 2 is 1.62 bits per heavy atom. The number of aromatic hydroxyl groups is 1. The van der Waals surface area contributed by atoms with E-state index in [1.807, 2.05) is 6.21 Å². The van der Waals surface area contributed by atoms with E-state index in [0.29, 0.717) is 11.7 Å². The van der Waals surface area contributed by atoms with Crippen LogP contribution in [0, 0.1) is 5.92 Å². The van der Waals surface area contributed by atoms with Gasteiger partial charge in [-0.3, -0.25) is 4.99 Å². The van der Waals surface area contributed by atoms with Gasteiger partial charge in [0.15, 0.2) is 0 Å². The summed E-state index contributed by atoms with van der Waals surface area (Å²) in [5, 5.41) is 10.6. The van der Waals surface area contributed by atoms with E-state index in [0.717, 1.165) is 17.7 Å². The minimum absolute atomic E-state index is 0.0499. The number of aliphatic imine (C=N–C) groups is 1. The van der Waals surface area contributed by atoms with Crippen LogP contribution in [-0.4, -0.2) is 17.9 Å². The predicted molar refractivity (Wildman–Crippen MR) is 92.8 cm³/mol. The molecule has 1 aromatic carbocycles. The Labute approximate surface area is 130 Å². The number of hydrogen-bond donors (Lipinski definition) is 1. The van der Waals surface area contributed by atoms with Crippen molar-refractivity contribution in [2.75, 3.05) is 6.54 Å². The van der Waals surface area contributed by atoms with Crippen molar-refractivity contribution in [2.24, 2.45) is 10.9 Å². The molecule has 1 N–H and O–H groups in total. The molecule has 0 bridgehead atoms. The molecule has 1 aromatic rings. The fourth-order valence-electron chi connectivity index (χ4n) is 2.12. The lowest BCUT2D eigenvalue weighted by atomic mass is 9.79. The number of phenols is 1. The molecular formula is C19H31NO. The van der Waals surface area contributed by atoms with E-state index in [4.69, 9.17) is 0 Å². The molecule has 0 aromatic heterocycles. The average molecular weight is 289 g/mol. The Kier molecular flexibility index (Phi) is 5.25. The van der Waals surface area contributed by atoms with Crippen LogP contribution >= 0.6 is 0 Å². The molecule has 0 aliphatic carbocycles. The van der Waals surface area contributed by atoms with Crippen LogP contribution in [0.3, 0.4) is 0 Å². The summed E-state index contributed by atoms with van der Waals surface area (Å²) in [6.45, 7) is 18.0. The van der Waals surface area contributed by atoms with Crippen LogP contribution in [0.25, 0.3) is 0 Å². The smallest absolute Gasteiger partial charge is 0.128 e. The zero-order chi connectivity index (χ0) is 16.4. The van der Waals surface area contributed by atoms with Crippen LogP contribution in [0.4, 0.5) is 0 Å². The lowest BCUT2D eigenvalue weighted by Gasteiger charge is -2.27. The summed E-state index contributed by atoms with van der Waals surface area (Å²) in [6, 6.07) is 4.20. The van der Waals surface area contributed by atoms with Crippen molar-refractivity contribution in [1.29, 1.82) is 0 Å². The van der Waals surface area contributed by atoms with Gasteiger partial charge in [0, 0.05) is 23.9 Å². The summed E-state index contributed by atoms with van der Waals surface area (Å²) in [6.07, 6.45) is 1.82. The van der Waals surface area contributed by atoms with Crippen molar-refractivity contribution in [3.8, 4) is 5.75 Å². The molecule has 0 radical (unpaired) electrons. The largest absolute Gasteiger partial charge is 0.507 e. The maximum absolute atomic E-state index is 10.6. The number of phenolic OH excluding ortho intramolecular Hbond substituents is 1. The Hall–Kier alpha value is -1.31. The molecule has 0 unspecified atom stereocenters. The molecule has 2 nitrogen and oxygen atoms in total. The first-order chi connectivity index (χ1) is 9.43. The highest BCUT2D eigenvalue weighted by atomic mass is 16.3. The second-order valence-electron chi connectivity index (χ2n) is 8.35. The number of rotatable bonds is 3. The zero-order valence-electron chi connectivity index (χ0n) is 14.9. The monoisotopic (exact) mass is 289 g/mol. The van der Waals surface area contributed by atoms with Gasteiger partial charge in [0.1, 0.15) is 5.75 Å². The van der Waals surface area contributed by atoms with Gasteiger partial charge >= 0.3 is 0 Å². The molecule has 118 valence electrons. The van der Waals surface area contributed by atoms with Crippen LogP contribution in [0.2, 0.25) is 0 Å². The summed E-state index contributed by atoms with van der Waals surface area (Å²) in [5.41, 5.74) is 3.01. The summed E-state index contributed by atoms with van der Waals surface area (Å²) in [7, 11) is 0. The lowest BCUT2D eigenvalue weighted by molar-refractivity contribution is 0.444.